The number of ketones is 1. The number of benzene rings is 1. The first kappa shape index (κ1) is 26.6. The molecule has 1 aromatic carbocycles. The van der Waals surface area contributed by atoms with Crippen LogP contribution in [0.4, 0.5) is 5.82 Å². The van der Waals surface area contributed by atoms with Crippen molar-refractivity contribution in [3.8, 4) is 17.1 Å². The smallest absolute Gasteiger partial charge is 0.223 e. The van der Waals surface area contributed by atoms with Crippen LogP contribution >= 0.6 is 11.8 Å². The Hall–Kier alpha value is -2.95. The number of aromatic nitrogens is 2. The van der Waals surface area contributed by atoms with Crippen LogP contribution in [0.5, 0.6) is 5.75 Å². The number of aromatic hydroxyl groups is 1. The van der Waals surface area contributed by atoms with Crippen molar-refractivity contribution in [3.63, 3.8) is 0 Å². The van der Waals surface area contributed by atoms with Crippen LogP contribution in [0.3, 0.4) is 0 Å². The fraction of sp³-hybridized carbons (Fsp3) is 0.500. The number of thioether (sulfide) groups is 1. The molecule has 1 unspecified atom stereocenters. The number of allylic oxidation sites excluding steroid dienone is 2. The minimum absolute atomic E-state index is 0.00378. The number of phenolic OH excluding ortho intramolecular Hbond substituents is 1. The molecule has 1 amide bonds. The minimum Gasteiger partial charge on any atom is -0.508 e. The highest BCUT2D eigenvalue weighted by molar-refractivity contribution is 8.00. The molecular weight excluding hydrogens is 502 g/mol. The Morgan fingerprint density at radius 1 is 1.11 bits per heavy atom. The highest BCUT2D eigenvalue weighted by atomic mass is 32.2. The van der Waals surface area contributed by atoms with Gasteiger partial charge in [0.05, 0.1) is 23.8 Å². The first-order valence-corrected chi connectivity index (χ1v) is 14.2. The first-order chi connectivity index (χ1) is 18.5. The summed E-state index contributed by atoms with van der Waals surface area (Å²) in [5, 5.41) is 10.4. The Morgan fingerprint density at radius 3 is 2.63 bits per heavy atom. The lowest BCUT2D eigenvalue weighted by Crippen LogP contribution is -2.50. The topological polar surface area (TPSA) is 99.1 Å². The summed E-state index contributed by atoms with van der Waals surface area (Å²) in [6.07, 6.45) is 4.66. The zero-order valence-electron chi connectivity index (χ0n) is 21.8. The van der Waals surface area contributed by atoms with E-state index in [1.807, 2.05) is 35.7 Å². The second-order valence-electron chi connectivity index (χ2n) is 9.89. The third-order valence-electron chi connectivity index (χ3n) is 7.16. The lowest BCUT2D eigenvalue weighted by atomic mass is 10.1. The van der Waals surface area contributed by atoms with E-state index < -0.39 is 0 Å². The molecule has 0 radical (unpaired) electrons. The average Bonchev–Trinajstić information content (AvgIpc) is 3.34. The molecule has 0 bridgehead atoms. The summed E-state index contributed by atoms with van der Waals surface area (Å²) in [4.78, 5) is 41.9. The normalized spacial score (nSPS) is 20.2. The van der Waals surface area contributed by atoms with Crippen molar-refractivity contribution in [2.24, 2.45) is 0 Å². The number of hydrogen-bond acceptors (Lipinski definition) is 9. The lowest BCUT2D eigenvalue weighted by Gasteiger charge is -2.35. The van der Waals surface area contributed by atoms with Crippen LogP contribution < -0.4 is 4.90 Å². The number of rotatable bonds is 8. The molecule has 2 saturated heterocycles. The maximum atomic E-state index is 12.5. The summed E-state index contributed by atoms with van der Waals surface area (Å²) in [7, 11) is 0. The molecule has 202 valence electrons. The summed E-state index contributed by atoms with van der Waals surface area (Å²) in [6.45, 7) is 8.74. The molecule has 1 atom stereocenters. The predicted octanol–water partition coefficient (Wildman–Crippen LogP) is 2.77. The number of anilines is 1. The van der Waals surface area contributed by atoms with Gasteiger partial charge in [0.2, 0.25) is 5.91 Å². The third-order valence-corrected chi connectivity index (χ3v) is 8.47. The summed E-state index contributed by atoms with van der Waals surface area (Å²) in [5.74, 6) is 1.88. The number of fused-ring (bicyclic) bond motifs is 1. The fourth-order valence-electron chi connectivity index (χ4n) is 5.16. The van der Waals surface area contributed by atoms with Gasteiger partial charge < -0.3 is 19.6 Å². The van der Waals surface area contributed by atoms with Crippen LogP contribution in [0.2, 0.25) is 0 Å². The number of amides is 1. The van der Waals surface area contributed by atoms with E-state index in [0.29, 0.717) is 37.4 Å². The maximum absolute atomic E-state index is 12.5. The second-order valence-corrected chi connectivity index (χ2v) is 11.2. The Morgan fingerprint density at radius 2 is 1.89 bits per heavy atom. The molecule has 0 saturated carbocycles. The number of piperazine rings is 1. The quantitative estimate of drug-likeness (QED) is 0.510. The van der Waals surface area contributed by atoms with Gasteiger partial charge >= 0.3 is 0 Å². The molecule has 5 rings (SSSR count). The molecule has 38 heavy (non-hydrogen) atoms. The molecule has 3 aliphatic heterocycles. The van der Waals surface area contributed by atoms with E-state index in [4.69, 9.17) is 14.7 Å². The van der Waals surface area contributed by atoms with Crippen molar-refractivity contribution in [1.82, 2.24) is 19.8 Å². The number of carbonyl (C=O) groups is 2. The van der Waals surface area contributed by atoms with Gasteiger partial charge in [0.15, 0.2) is 11.6 Å². The van der Waals surface area contributed by atoms with Crippen LogP contribution in [0.25, 0.3) is 11.4 Å². The number of morpholine rings is 1. The largest absolute Gasteiger partial charge is 0.508 e. The first-order valence-electron chi connectivity index (χ1n) is 13.4. The predicted molar refractivity (Wildman–Crippen MR) is 148 cm³/mol. The van der Waals surface area contributed by atoms with Crippen LogP contribution in [0.1, 0.15) is 25.5 Å². The molecule has 9 nitrogen and oxygen atoms in total. The summed E-state index contributed by atoms with van der Waals surface area (Å²) in [6, 6.07) is 7.11. The van der Waals surface area contributed by atoms with Crippen LogP contribution in [-0.4, -0.2) is 101 Å². The van der Waals surface area contributed by atoms with E-state index in [9.17, 15) is 14.7 Å². The van der Waals surface area contributed by atoms with E-state index in [0.717, 1.165) is 61.1 Å². The van der Waals surface area contributed by atoms with Crippen molar-refractivity contribution in [2.75, 3.05) is 63.9 Å². The van der Waals surface area contributed by atoms with Crippen molar-refractivity contribution in [2.45, 2.75) is 36.3 Å². The van der Waals surface area contributed by atoms with Gasteiger partial charge in [-0.1, -0.05) is 18.2 Å². The molecule has 0 aliphatic carbocycles. The zero-order valence-corrected chi connectivity index (χ0v) is 22.7. The summed E-state index contributed by atoms with van der Waals surface area (Å²) < 4.78 is 5.58. The van der Waals surface area contributed by atoms with Gasteiger partial charge in [-0.3, -0.25) is 14.5 Å². The molecule has 3 aliphatic rings. The Balaban J connectivity index is 1.23. The SMILES string of the molecule is C/C=C/C(=O)CCC(=O)N1CCN(CC2Cc3nc(-c4cccc(O)c4)nc(N4CCOCC4)c3S2)CC1. The van der Waals surface area contributed by atoms with E-state index in [2.05, 4.69) is 9.80 Å². The number of hydrogen-bond donors (Lipinski definition) is 1. The third kappa shape index (κ3) is 6.36. The molecule has 2 aromatic rings. The van der Waals surface area contributed by atoms with Gasteiger partial charge in [0.25, 0.3) is 0 Å². The zero-order chi connectivity index (χ0) is 26.5. The lowest BCUT2D eigenvalue weighted by molar-refractivity contribution is -0.134. The Bertz CT molecular complexity index is 1190. The number of ether oxygens (including phenoxy) is 1. The summed E-state index contributed by atoms with van der Waals surface area (Å²) in [5.41, 5.74) is 1.87. The van der Waals surface area contributed by atoms with Gasteiger partial charge in [-0.05, 0) is 25.1 Å². The fourth-order valence-corrected chi connectivity index (χ4v) is 6.56. The van der Waals surface area contributed by atoms with Gasteiger partial charge in [-0.15, -0.1) is 11.8 Å². The van der Waals surface area contributed by atoms with E-state index >= 15 is 0 Å². The Kier molecular flexibility index (Phi) is 8.61. The van der Waals surface area contributed by atoms with Crippen molar-refractivity contribution in [1.29, 1.82) is 0 Å². The van der Waals surface area contributed by atoms with E-state index in [1.54, 1.807) is 18.2 Å². The van der Waals surface area contributed by atoms with Gasteiger partial charge in [0, 0.05) is 75.9 Å². The Labute approximate surface area is 227 Å². The van der Waals surface area contributed by atoms with E-state index in [1.165, 1.54) is 6.08 Å². The molecule has 4 heterocycles. The molecule has 0 spiro atoms. The van der Waals surface area contributed by atoms with Gasteiger partial charge in [-0.25, -0.2) is 9.97 Å². The van der Waals surface area contributed by atoms with Gasteiger partial charge in [0.1, 0.15) is 11.6 Å². The molecule has 2 fully saturated rings. The van der Waals surface area contributed by atoms with Crippen molar-refractivity contribution in [3.05, 3.63) is 42.1 Å². The maximum Gasteiger partial charge on any atom is 0.223 e. The van der Waals surface area contributed by atoms with E-state index in [-0.39, 0.29) is 30.3 Å². The van der Waals surface area contributed by atoms with Crippen molar-refractivity contribution < 1.29 is 19.4 Å². The van der Waals surface area contributed by atoms with Gasteiger partial charge in [-0.2, -0.15) is 0 Å². The van der Waals surface area contributed by atoms with Crippen LogP contribution in [0, 0.1) is 0 Å². The second kappa shape index (κ2) is 12.3. The molecule has 1 aromatic heterocycles. The standard InChI is InChI=1S/C28H35N5O4S/c1-2-4-21(34)7-8-25(36)32-11-9-31(10-12-32)19-23-18-24-26(38-23)28(33-13-15-37-16-14-33)30-27(29-24)20-5-3-6-22(35)17-20/h2-6,17,23,35H,7-16,18-19H2,1H3/b4-2+. The highest BCUT2D eigenvalue weighted by Gasteiger charge is 2.33. The van der Waals surface area contributed by atoms with Crippen molar-refractivity contribution >= 4 is 29.3 Å². The van der Waals surface area contributed by atoms with Crippen LogP contribution in [-0.2, 0) is 20.7 Å². The average molecular weight is 538 g/mol. The monoisotopic (exact) mass is 537 g/mol. The molecule has 10 heteroatoms. The van der Waals surface area contributed by atoms with Crippen LogP contribution in [0.15, 0.2) is 41.3 Å². The number of carbonyl (C=O) groups excluding carboxylic acids is 2. The molecule has 1 N–H and O–H groups in total. The molecular formula is C28H35N5O4S. The minimum atomic E-state index is 0.00378. The number of phenols is 1. The summed E-state index contributed by atoms with van der Waals surface area (Å²) >= 11 is 1.86. The number of nitrogens with zero attached hydrogens (tertiary/aromatic N) is 5. The highest BCUT2D eigenvalue weighted by Crippen LogP contribution is 2.43.